The van der Waals surface area contributed by atoms with Crippen LogP contribution in [0.3, 0.4) is 0 Å². The quantitative estimate of drug-likeness (QED) is 0.641. The van der Waals surface area contributed by atoms with Gasteiger partial charge in [-0.15, -0.1) is 0 Å². The monoisotopic (exact) mass is 206 g/mol. The summed E-state index contributed by atoms with van der Waals surface area (Å²) in [5.74, 6) is -1.73. The second-order valence-corrected chi connectivity index (χ2v) is 2.67. The highest BCUT2D eigenvalue weighted by Crippen LogP contribution is 1.93. The van der Waals surface area contributed by atoms with Crippen LogP contribution in [-0.4, -0.2) is 35.4 Å². The zero-order valence-corrected chi connectivity index (χ0v) is 8.65. The second kappa shape index (κ2) is 11.9. The molecule has 5 nitrogen and oxygen atoms in total. The second-order valence-electron chi connectivity index (χ2n) is 2.67. The van der Waals surface area contributed by atoms with Crippen molar-refractivity contribution in [1.29, 1.82) is 0 Å². The summed E-state index contributed by atoms with van der Waals surface area (Å²) in [5, 5.41) is 15.6. The summed E-state index contributed by atoms with van der Waals surface area (Å²) in [5.41, 5.74) is 0. The maximum absolute atomic E-state index is 9.91. The summed E-state index contributed by atoms with van der Waals surface area (Å²) in [6.45, 7) is 3.58. The third-order valence-corrected chi connectivity index (χ3v) is 1.12. The molecule has 0 spiro atoms. The van der Waals surface area contributed by atoms with E-state index in [9.17, 15) is 4.79 Å². The number of unbranched alkanes of at least 4 members (excludes halogenated alkanes) is 2. The molecule has 0 aromatic rings. The third-order valence-electron chi connectivity index (χ3n) is 1.12. The topological polar surface area (TPSA) is 83.8 Å². The Morgan fingerprint density at radius 2 is 1.71 bits per heavy atom. The van der Waals surface area contributed by atoms with E-state index in [0.29, 0.717) is 6.61 Å². The van der Waals surface area contributed by atoms with Crippen molar-refractivity contribution in [3.8, 4) is 0 Å². The molecule has 0 aromatic heterocycles. The van der Waals surface area contributed by atoms with Crippen molar-refractivity contribution >= 4 is 11.9 Å². The van der Waals surface area contributed by atoms with Crippen LogP contribution >= 0.6 is 0 Å². The van der Waals surface area contributed by atoms with Crippen LogP contribution in [0, 0.1) is 0 Å². The lowest BCUT2D eigenvalue weighted by Crippen LogP contribution is -2.07. The number of ether oxygens (including phenoxy) is 1. The number of carboxylic acids is 2. The van der Waals surface area contributed by atoms with E-state index in [-0.39, 0.29) is 6.61 Å². The van der Waals surface area contributed by atoms with E-state index >= 15 is 0 Å². The van der Waals surface area contributed by atoms with Crippen LogP contribution in [0.2, 0.25) is 0 Å². The van der Waals surface area contributed by atoms with Crippen molar-refractivity contribution in [3.63, 3.8) is 0 Å². The number of hydrogen-bond acceptors (Lipinski definition) is 3. The van der Waals surface area contributed by atoms with Gasteiger partial charge in [0.25, 0.3) is 5.97 Å². The summed E-state index contributed by atoms with van der Waals surface area (Å²) >= 11 is 0. The molecule has 0 aromatic carbocycles. The average molecular weight is 206 g/mol. The van der Waals surface area contributed by atoms with Gasteiger partial charge in [0.1, 0.15) is 6.61 Å². The lowest BCUT2D eigenvalue weighted by molar-refractivity contribution is -0.142. The third kappa shape index (κ3) is 30.7. The minimum Gasteiger partial charge on any atom is -0.481 e. The molecular formula is C9H18O5. The number of hydrogen-bond donors (Lipinski definition) is 2. The Hall–Kier alpha value is -1.10. The fourth-order valence-electron chi connectivity index (χ4n) is 0.614. The largest absolute Gasteiger partial charge is 0.481 e. The molecular weight excluding hydrogens is 188 g/mol. The predicted octanol–water partition coefficient (Wildman–Crippen LogP) is 1.37. The Bertz CT molecular complexity index is 151. The van der Waals surface area contributed by atoms with Gasteiger partial charge >= 0.3 is 5.97 Å². The first-order valence-electron chi connectivity index (χ1n) is 4.49. The molecule has 0 aliphatic carbocycles. The molecule has 0 heterocycles. The van der Waals surface area contributed by atoms with Crippen LogP contribution < -0.4 is 0 Å². The summed E-state index contributed by atoms with van der Waals surface area (Å²) in [6, 6.07) is 0. The van der Waals surface area contributed by atoms with Crippen molar-refractivity contribution in [2.45, 2.75) is 33.1 Å². The lowest BCUT2D eigenvalue weighted by Gasteiger charge is -1.98. The molecule has 2 N–H and O–H groups in total. The van der Waals surface area contributed by atoms with Crippen LogP contribution in [0.1, 0.15) is 33.1 Å². The molecule has 0 amide bonds. The lowest BCUT2D eigenvalue weighted by atomic mass is 10.3. The molecule has 84 valence electrons. The van der Waals surface area contributed by atoms with Crippen LogP contribution in [0.4, 0.5) is 0 Å². The van der Waals surface area contributed by atoms with Crippen molar-refractivity contribution in [2.24, 2.45) is 0 Å². The van der Waals surface area contributed by atoms with Gasteiger partial charge in [0.2, 0.25) is 0 Å². The number of carbonyl (C=O) groups is 2. The highest BCUT2D eigenvalue weighted by Gasteiger charge is 1.94. The molecule has 0 unspecified atom stereocenters. The summed E-state index contributed by atoms with van der Waals surface area (Å²) in [4.78, 5) is 18.9. The fraction of sp³-hybridized carbons (Fsp3) is 0.778. The van der Waals surface area contributed by atoms with Crippen molar-refractivity contribution in [1.82, 2.24) is 0 Å². The van der Waals surface area contributed by atoms with E-state index in [1.807, 2.05) is 0 Å². The predicted molar refractivity (Wildman–Crippen MR) is 51.3 cm³/mol. The van der Waals surface area contributed by atoms with Gasteiger partial charge in [-0.05, 0) is 6.42 Å². The SMILES string of the molecule is CC(=O)O.CCCCCOCC(=O)O. The normalized spacial score (nSPS) is 8.71. The molecule has 0 bridgehead atoms. The van der Waals surface area contributed by atoms with E-state index in [1.165, 1.54) is 0 Å². The van der Waals surface area contributed by atoms with Gasteiger partial charge in [-0.2, -0.15) is 0 Å². The molecule has 5 heteroatoms. The Balaban J connectivity index is 0. The van der Waals surface area contributed by atoms with Crippen molar-refractivity contribution < 1.29 is 24.5 Å². The minimum atomic E-state index is -0.892. The summed E-state index contributed by atoms with van der Waals surface area (Å²) in [6.07, 6.45) is 3.21. The van der Waals surface area contributed by atoms with E-state index < -0.39 is 11.9 Å². The zero-order chi connectivity index (χ0) is 11.4. The highest BCUT2D eigenvalue weighted by atomic mass is 16.5. The van der Waals surface area contributed by atoms with Crippen LogP contribution in [-0.2, 0) is 14.3 Å². The van der Waals surface area contributed by atoms with Gasteiger partial charge in [-0.3, -0.25) is 4.79 Å². The Labute approximate surface area is 83.7 Å². The Kier molecular flexibility index (Phi) is 13.1. The Morgan fingerprint density at radius 3 is 2.07 bits per heavy atom. The first kappa shape index (κ1) is 15.4. The van der Waals surface area contributed by atoms with E-state index in [4.69, 9.17) is 19.7 Å². The van der Waals surface area contributed by atoms with Gasteiger partial charge in [0, 0.05) is 13.5 Å². The molecule has 0 rings (SSSR count). The van der Waals surface area contributed by atoms with Crippen LogP contribution in [0.15, 0.2) is 0 Å². The molecule has 0 aliphatic rings. The number of aliphatic carboxylic acids is 2. The van der Waals surface area contributed by atoms with Crippen molar-refractivity contribution in [3.05, 3.63) is 0 Å². The van der Waals surface area contributed by atoms with Gasteiger partial charge in [0.15, 0.2) is 0 Å². The van der Waals surface area contributed by atoms with E-state index in [1.54, 1.807) is 0 Å². The van der Waals surface area contributed by atoms with Crippen LogP contribution in [0.25, 0.3) is 0 Å². The highest BCUT2D eigenvalue weighted by molar-refractivity contribution is 5.67. The van der Waals surface area contributed by atoms with E-state index in [2.05, 4.69) is 6.92 Å². The molecule has 14 heavy (non-hydrogen) atoms. The molecule has 0 fully saturated rings. The standard InChI is InChI=1S/C7H14O3.C2H4O2/c1-2-3-4-5-10-6-7(8)9;1-2(3)4/h2-6H2,1H3,(H,8,9);1H3,(H,3,4). The molecule has 0 atom stereocenters. The molecule has 0 radical (unpaired) electrons. The fourth-order valence-corrected chi connectivity index (χ4v) is 0.614. The number of rotatable bonds is 6. The average Bonchev–Trinajstić information content (AvgIpc) is 2.02. The minimum absolute atomic E-state index is 0.163. The zero-order valence-electron chi connectivity index (χ0n) is 8.65. The van der Waals surface area contributed by atoms with E-state index in [0.717, 1.165) is 26.2 Å². The van der Waals surface area contributed by atoms with Gasteiger partial charge in [0.05, 0.1) is 0 Å². The van der Waals surface area contributed by atoms with Crippen molar-refractivity contribution in [2.75, 3.05) is 13.2 Å². The summed E-state index contributed by atoms with van der Waals surface area (Å²) in [7, 11) is 0. The van der Waals surface area contributed by atoms with Crippen LogP contribution in [0.5, 0.6) is 0 Å². The molecule has 0 aliphatic heterocycles. The molecule has 0 saturated heterocycles. The van der Waals surface area contributed by atoms with Gasteiger partial charge in [-0.25, -0.2) is 4.79 Å². The summed E-state index contributed by atoms with van der Waals surface area (Å²) < 4.78 is 4.80. The molecule has 0 saturated carbocycles. The Morgan fingerprint density at radius 1 is 1.21 bits per heavy atom. The first-order valence-corrected chi connectivity index (χ1v) is 4.49. The maximum atomic E-state index is 9.91. The first-order chi connectivity index (χ1) is 6.50. The smallest absolute Gasteiger partial charge is 0.329 e. The number of carboxylic acid groups (broad SMARTS) is 2. The van der Waals surface area contributed by atoms with Gasteiger partial charge in [-0.1, -0.05) is 19.8 Å². The maximum Gasteiger partial charge on any atom is 0.329 e. The van der Waals surface area contributed by atoms with Gasteiger partial charge < -0.3 is 14.9 Å².